The molecule has 3 aliphatic rings. The molecule has 1 fully saturated rings. The number of hydrogen-bond donors (Lipinski definition) is 3. The summed E-state index contributed by atoms with van der Waals surface area (Å²) in [6.07, 6.45) is 8.86. The highest BCUT2D eigenvalue weighted by atomic mass is 32.2. The lowest BCUT2D eigenvalue weighted by molar-refractivity contribution is 0.204. The SMILES string of the molecule is C1=CC2Sc3c(-c4cccc5c4sc4c(C6NC(c7ccccc7)NC(c7ccc8oc9ccccc9c8c7)N6)cccc45)cccc3C2C=C1. The zero-order valence-electron chi connectivity index (χ0n) is 27.5. The number of rotatable bonds is 4. The Labute approximate surface area is 303 Å². The highest BCUT2D eigenvalue weighted by Crippen LogP contribution is 2.53. The van der Waals surface area contributed by atoms with Crippen molar-refractivity contribution in [2.24, 2.45) is 0 Å². The van der Waals surface area contributed by atoms with Crippen molar-refractivity contribution in [1.82, 2.24) is 16.0 Å². The first kappa shape index (κ1) is 29.7. The van der Waals surface area contributed by atoms with Gasteiger partial charge in [-0.05, 0) is 40.5 Å². The molecule has 6 aromatic carbocycles. The first-order valence-electron chi connectivity index (χ1n) is 17.6. The molecule has 0 radical (unpaired) electrons. The highest BCUT2D eigenvalue weighted by Gasteiger charge is 2.34. The Hall–Kier alpha value is -4.95. The lowest BCUT2D eigenvalue weighted by Crippen LogP contribution is -2.54. The summed E-state index contributed by atoms with van der Waals surface area (Å²) in [6.45, 7) is 0. The molecule has 0 spiro atoms. The summed E-state index contributed by atoms with van der Waals surface area (Å²) >= 11 is 3.94. The molecule has 1 aliphatic carbocycles. The minimum absolute atomic E-state index is 0.0602. The van der Waals surface area contributed by atoms with Gasteiger partial charge in [-0.25, -0.2) is 0 Å². The van der Waals surface area contributed by atoms with Crippen molar-refractivity contribution in [2.75, 3.05) is 0 Å². The van der Waals surface area contributed by atoms with Gasteiger partial charge in [0.1, 0.15) is 11.2 Å². The minimum Gasteiger partial charge on any atom is -0.456 e. The number of hydrogen-bond acceptors (Lipinski definition) is 6. The van der Waals surface area contributed by atoms with E-state index in [0.29, 0.717) is 11.2 Å². The van der Waals surface area contributed by atoms with Crippen LogP contribution in [0.3, 0.4) is 0 Å². The van der Waals surface area contributed by atoms with Crippen molar-refractivity contribution in [1.29, 1.82) is 0 Å². The molecular formula is C45H33N3OS2. The minimum atomic E-state index is -0.102. The molecule has 0 amide bonds. The third-order valence-corrected chi connectivity index (χ3v) is 13.5. The zero-order valence-corrected chi connectivity index (χ0v) is 29.2. The number of para-hydroxylation sites is 1. The molecular weight excluding hydrogens is 663 g/mol. The number of thioether (sulfide) groups is 1. The molecule has 5 atom stereocenters. The van der Waals surface area contributed by atoms with E-state index in [4.69, 9.17) is 4.42 Å². The van der Waals surface area contributed by atoms with E-state index >= 15 is 0 Å². The molecule has 2 aliphatic heterocycles. The fraction of sp³-hybridized carbons (Fsp3) is 0.111. The Morgan fingerprint density at radius 1 is 0.490 bits per heavy atom. The number of thiophene rings is 1. The van der Waals surface area contributed by atoms with Crippen LogP contribution in [0.5, 0.6) is 0 Å². The van der Waals surface area contributed by atoms with Gasteiger partial charge in [0.05, 0.1) is 18.5 Å². The summed E-state index contributed by atoms with van der Waals surface area (Å²) in [5, 5.41) is 17.2. The van der Waals surface area contributed by atoms with Crippen LogP contribution in [0.2, 0.25) is 0 Å². The van der Waals surface area contributed by atoms with E-state index in [0.717, 1.165) is 21.9 Å². The van der Waals surface area contributed by atoms with Gasteiger partial charge in [0.15, 0.2) is 0 Å². The van der Waals surface area contributed by atoms with E-state index in [2.05, 4.69) is 156 Å². The maximum atomic E-state index is 6.18. The van der Waals surface area contributed by atoms with Crippen LogP contribution >= 0.6 is 23.1 Å². The van der Waals surface area contributed by atoms with Crippen molar-refractivity contribution in [2.45, 2.75) is 34.6 Å². The second kappa shape index (κ2) is 11.8. The van der Waals surface area contributed by atoms with Crippen molar-refractivity contribution in [3.05, 3.63) is 174 Å². The number of nitrogens with one attached hydrogen (secondary N) is 3. The van der Waals surface area contributed by atoms with E-state index < -0.39 is 0 Å². The van der Waals surface area contributed by atoms with E-state index in [9.17, 15) is 0 Å². The summed E-state index contributed by atoms with van der Waals surface area (Å²) in [6, 6.07) is 46.1. The third-order valence-electron chi connectivity index (χ3n) is 10.8. The normalized spacial score (nSPS) is 22.6. The fourth-order valence-electron chi connectivity index (χ4n) is 8.34. The highest BCUT2D eigenvalue weighted by molar-refractivity contribution is 8.00. The molecule has 0 bridgehead atoms. The summed E-state index contributed by atoms with van der Waals surface area (Å²) in [5.41, 5.74) is 9.58. The predicted octanol–water partition coefficient (Wildman–Crippen LogP) is 11.5. The number of fused-ring (bicyclic) bond motifs is 9. The molecule has 246 valence electrons. The van der Waals surface area contributed by atoms with Crippen LogP contribution in [0.4, 0.5) is 0 Å². The van der Waals surface area contributed by atoms with Crippen LogP contribution in [0.15, 0.2) is 161 Å². The average Bonchev–Trinajstić information content (AvgIpc) is 3.89. The average molecular weight is 696 g/mol. The first-order valence-corrected chi connectivity index (χ1v) is 19.3. The van der Waals surface area contributed by atoms with Gasteiger partial charge in [-0.1, -0.05) is 133 Å². The van der Waals surface area contributed by atoms with Crippen LogP contribution < -0.4 is 16.0 Å². The monoisotopic (exact) mass is 695 g/mol. The largest absolute Gasteiger partial charge is 0.456 e. The molecule has 2 aromatic heterocycles. The molecule has 51 heavy (non-hydrogen) atoms. The lowest BCUT2D eigenvalue weighted by atomic mass is 9.90. The Kier molecular flexibility index (Phi) is 6.89. The molecule has 1 saturated heterocycles. The molecule has 11 rings (SSSR count). The molecule has 8 aromatic rings. The van der Waals surface area contributed by atoms with E-state index in [-0.39, 0.29) is 18.5 Å². The molecule has 3 N–H and O–H groups in total. The summed E-state index contributed by atoms with van der Waals surface area (Å²) in [7, 11) is 0. The van der Waals surface area contributed by atoms with Crippen molar-refractivity contribution >= 4 is 65.2 Å². The second-order valence-electron chi connectivity index (χ2n) is 13.7. The fourth-order valence-corrected chi connectivity index (χ4v) is 11.2. The summed E-state index contributed by atoms with van der Waals surface area (Å²) in [5.74, 6) is 0.443. The Bertz CT molecular complexity index is 2710. The molecule has 0 saturated carbocycles. The first-order chi connectivity index (χ1) is 25.3. The van der Waals surface area contributed by atoms with E-state index in [1.807, 2.05) is 35.2 Å². The van der Waals surface area contributed by atoms with Gasteiger partial charge in [0.2, 0.25) is 0 Å². The third kappa shape index (κ3) is 4.79. The van der Waals surface area contributed by atoms with Gasteiger partial charge in [0, 0.05) is 58.1 Å². The Morgan fingerprint density at radius 3 is 2.10 bits per heavy atom. The Balaban J connectivity index is 1.03. The number of allylic oxidation sites excluding steroid dienone is 3. The summed E-state index contributed by atoms with van der Waals surface area (Å²) in [4.78, 5) is 1.42. The van der Waals surface area contributed by atoms with E-state index in [1.165, 1.54) is 58.4 Å². The van der Waals surface area contributed by atoms with Gasteiger partial charge >= 0.3 is 0 Å². The van der Waals surface area contributed by atoms with Crippen LogP contribution in [0.25, 0.3) is 53.2 Å². The van der Waals surface area contributed by atoms with Gasteiger partial charge in [-0.2, -0.15) is 0 Å². The predicted molar refractivity (Wildman–Crippen MR) is 213 cm³/mol. The molecule has 4 nitrogen and oxygen atoms in total. The molecule has 5 unspecified atom stereocenters. The summed E-state index contributed by atoms with van der Waals surface area (Å²) < 4.78 is 8.84. The van der Waals surface area contributed by atoms with E-state index in [1.54, 1.807) is 0 Å². The van der Waals surface area contributed by atoms with Gasteiger partial charge in [0.25, 0.3) is 0 Å². The maximum absolute atomic E-state index is 6.18. The van der Waals surface area contributed by atoms with Crippen molar-refractivity contribution in [3.8, 4) is 11.1 Å². The smallest absolute Gasteiger partial charge is 0.135 e. The lowest BCUT2D eigenvalue weighted by Gasteiger charge is -2.39. The van der Waals surface area contributed by atoms with Gasteiger partial charge in [-0.15, -0.1) is 23.1 Å². The standard InChI is InChI=1S/C45H33N3OS2/c1-2-11-26(12-3-1)43-46-44(27-23-24-38-36(25-27)28-13-4-6-21-37(28)49-38)48-45(47-43)35-20-10-19-34-33-18-9-17-32(41(33)51-42(34)35)31-16-8-15-30-29-14-5-7-22-39(29)50-40(30)31/h1-25,29,39,43-48H. The maximum Gasteiger partial charge on any atom is 0.135 e. The van der Waals surface area contributed by atoms with Gasteiger partial charge in [-0.3, -0.25) is 16.0 Å². The van der Waals surface area contributed by atoms with Crippen LogP contribution in [-0.4, -0.2) is 5.25 Å². The van der Waals surface area contributed by atoms with Crippen molar-refractivity contribution < 1.29 is 4.42 Å². The van der Waals surface area contributed by atoms with Gasteiger partial charge < -0.3 is 4.42 Å². The number of furan rings is 1. The van der Waals surface area contributed by atoms with Crippen LogP contribution in [-0.2, 0) is 0 Å². The Morgan fingerprint density at radius 2 is 1.18 bits per heavy atom. The quantitative estimate of drug-likeness (QED) is 0.171. The topological polar surface area (TPSA) is 49.2 Å². The zero-order chi connectivity index (χ0) is 33.5. The number of benzene rings is 6. The van der Waals surface area contributed by atoms with Crippen molar-refractivity contribution in [3.63, 3.8) is 0 Å². The molecule has 6 heteroatoms. The second-order valence-corrected chi connectivity index (χ2v) is 15.9. The molecule has 4 heterocycles. The van der Waals surface area contributed by atoms with Crippen LogP contribution in [0, 0.1) is 0 Å². The van der Waals surface area contributed by atoms with Crippen LogP contribution in [0.1, 0.15) is 46.7 Å².